The quantitative estimate of drug-likeness (QED) is 0.767. The number of nitrogens with zero attached hydrogens (tertiary/aromatic N) is 1. The highest BCUT2D eigenvalue weighted by Crippen LogP contribution is 2.21. The summed E-state index contributed by atoms with van der Waals surface area (Å²) in [6.07, 6.45) is 5.22. The van der Waals surface area contributed by atoms with Crippen molar-refractivity contribution in [2.45, 2.75) is 26.7 Å². The van der Waals surface area contributed by atoms with Crippen LogP contribution in [0.4, 0.5) is 0 Å². The molecule has 18 heavy (non-hydrogen) atoms. The first-order valence-corrected chi connectivity index (χ1v) is 6.79. The maximum Gasteiger partial charge on any atom is 0.230 e. The summed E-state index contributed by atoms with van der Waals surface area (Å²) in [6.45, 7) is 4.88. The van der Waals surface area contributed by atoms with Gasteiger partial charge in [-0.05, 0) is 48.6 Å². The Morgan fingerprint density at radius 1 is 1.28 bits per heavy atom. The number of alkyl halides is 1. The second kappa shape index (κ2) is 5.57. The minimum atomic E-state index is 0.151. The van der Waals surface area contributed by atoms with Crippen LogP contribution in [0.2, 0.25) is 0 Å². The second-order valence-corrected chi connectivity index (χ2v) is 5.14. The van der Waals surface area contributed by atoms with E-state index in [0.29, 0.717) is 18.8 Å². The molecule has 1 heterocycles. The van der Waals surface area contributed by atoms with E-state index in [0.717, 1.165) is 17.5 Å². The van der Waals surface area contributed by atoms with Crippen LogP contribution in [0.25, 0.3) is 6.08 Å². The lowest BCUT2D eigenvalue weighted by molar-refractivity contribution is -0.127. The van der Waals surface area contributed by atoms with Gasteiger partial charge in [0.2, 0.25) is 5.91 Å². The molecule has 0 bridgehead atoms. The summed E-state index contributed by atoms with van der Waals surface area (Å²) in [5.74, 6) is 0.737. The zero-order chi connectivity index (χ0) is 13.1. The number of halogens is 1. The van der Waals surface area contributed by atoms with Crippen molar-refractivity contribution in [3.05, 3.63) is 40.6 Å². The molecule has 1 aliphatic heterocycles. The van der Waals surface area contributed by atoms with Gasteiger partial charge in [-0.1, -0.05) is 12.1 Å². The Bertz CT molecular complexity index is 494. The van der Waals surface area contributed by atoms with Crippen molar-refractivity contribution in [1.29, 1.82) is 0 Å². The van der Waals surface area contributed by atoms with Crippen LogP contribution in [0, 0.1) is 13.8 Å². The lowest BCUT2D eigenvalue weighted by Gasteiger charge is -2.16. The molecule has 0 aliphatic carbocycles. The predicted molar refractivity (Wildman–Crippen MR) is 75.7 cm³/mol. The minimum Gasteiger partial charge on any atom is -0.319 e. The van der Waals surface area contributed by atoms with Gasteiger partial charge in [0.15, 0.2) is 0 Å². The van der Waals surface area contributed by atoms with Crippen LogP contribution in [-0.4, -0.2) is 23.2 Å². The topological polar surface area (TPSA) is 20.3 Å². The van der Waals surface area contributed by atoms with Crippen molar-refractivity contribution in [3.8, 4) is 0 Å². The van der Waals surface area contributed by atoms with Crippen LogP contribution < -0.4 is 0 Å². The van der Waals surface area contributed by atoms with Gasteiger partial charge in [0.1, 0.15) is 0 Å². The van der Waals surface area contributed by atoms with Crippen molar-refractivity contribution < 1.29 is 4.79 Å². The lowest BCUT2D eigenvalue weighted by atomic mass is 9.98. The van der Waals surface area contributed by atoms with E-state index in [1.54, 1.807) is 4.90 Å². The van der Waals surface area contributed by atoms with E-state index in [1.165, 1.54) is 11.1 Å². The predicted octanol–water partition coefficient (Wildman–Crippen LogP) is 3.29. The summed E-state index contributed by atoms with van der Waals surface area (Å²) in [5, 5.41) is 0. The maximum absolute atomic E-state index is 12.1. The number of aryl methyl sites for hydroxylation is 2. The minimum absolute atomic E-state index is 0.151. The third kappa shape index (κ3) is 2.75. The van der Waals surface area contributed by atoms with Crippen molar-refractivity contribution >= 4 is 23.6 Å². The van der Waals surface area contributed by atoms with Gasteiger partial charge in [-0.15, -0.1) is 11.6 Å². The molecule has 2 nitrogen and oxygen atoms in total. The zero-order valence-corrected chi connectivity index (χ0v) is 11.6. The first-order chi connectivity index (χ1) is 8.61. The van der Waals surface area contributed by atoms with Gasteiger partial charge in [-0.2, -0.15) is 0 Å². The van der Waals surface area contributed by atoms with Gasteiger partial charge in [0.05, 0.1) is 6.42 Å². The number of benzene rings is 1. The maximum atomic E-state index is 12.1. The Morgan fingerprint density at radius 3 is 2.72 bits per heavy atom. The highest BCUT2D eigenvalue weighted by molar-refractivity contribution is 6.17. The van der Waals surface area contributed by atoms with E-state index >= 15 is 0 Å². The fourth-order valence-corrected chi connectivity index (χ4v) is 2.27. The monoisotopic (exact) mass is 263 g/mol. The van der Waals surface area contributed by atoms with Crippen LogP contribution in [0.1, 0.15) is 28.7 Å². The summed E-state index contributed by atoms with van der Waals surface area (Å²) in [7, 11) is 0. The first kappa shape index (κ1) is 13.2. The molecule has 0 radical (unpaired) electrons. The fraction of sp³-hybridized carbons (Fsp3) is 0.400. The normalized spacial score (nSPS) is 14.6. The van der Waals surface area contributed by atoms with Crippen molar-refractivity contribution in [3.63, 3.8) is 0 Å². The van der Waals surface area contributed by atoms with Crippen LogP contribution in [-0.2, 0) is 11.2 Å². The molecule has 0 saturated heterocycles. The SMILES string of the molecule is Cc1cc2c(cc1C)CC(=O)N(CCCCl)C=C2. The molecule has 0 saturated carbocycles. The van der Waals surface area contributed by atoms with Gasteiger partial charge >= 0.3 is 0 Å². The van der Waals surface area contributed by atoms with E-state index in [4.69, 9.17) is 11.6 Å². The molecule has 96 valence electrons. The Morgan fingerprint density at radius 2 is 2.00 bits per heavy atom. The van der Waals surface area contributed by atoms with Crippen molar-refractivity contribution in [2.24, 2.45) is 0 Å². The molecule has 1 aromatic carbocycles. The molecule has 0 atom stereocenters. The Balaban J connectivity index is 2.27. The molecule has 1 aliphatic rings. The molecule has 1 amide bonds. The van der Waals surface area contributed by atoms with Crippen LogP contribution in [0.3, 0.4) is 0 Å². The highest BCUT2D eigenvalue weighted by Gasteiger charge is 2.17. The average Bonchev–Trinajstić information content (AvgIpc) is 2.47. The molecule has 0 fully saturated rings. The molecular formula is C15H18ClNO. The van der Waals surface area contributed by atoms with Gasteiger partial charge in [0.25, 0.3) is 0 Å². The number of amides is 1. The van der Waals surface area contributed by atoms with Crippen molar-refractivity contribution in [1.82, 2.24) is 4.90 Å². The van der Waals surface area contributed by atoms with Gasteiger partial charge in [-0.25, -0.2) is 0 Å². The average molecular weight is 264 g/mol. The smallest absolute Gasteiger partial charge is 0.230 e. The van der Waals surface area contributed by atoms with Crippen molar-refractivity contribution in [2.75, 3.05) is 12.4 Å². The van der Waals surface area contributed by atoms with Crippen LogP contribution in [0.5, 0.6) is 0 Å². The Kier molecular flexibility index (Phi) is 4.07. The highest BCUT2D eigenvalue weighted by atomic mass is 35.5. The van der Waals surface area contributed by atoms with E-state index in [9.17, 15) is 4.79 Å². The standard InChI is InChI=1S/C15H18ClNO/c1-11-8-13-4-7-17(6-3-5-16)15(18)10-14(13)9-12(11)2/h4,7-9H,3,5-6,10H2,1-2H3. The Hall–Kier alpha value is -1.28. The lowest BCUT2D eigenvalue weighted by Crippen LogP contribution is -2.27. The number of carbonyl (C=O) groups excluding carboxylic acids is 1. The van der Waals surface area contributed by atoms with Crippen LogP contribution in [0.15, 0.2) is 18.3 Å². The molecule has 3 heteroatoms. The summed E-state index contributed by atoms with van der Waals surface area (Å²) in [5.41, 5.74) is 4.77. The summed E-state index contributed by atoms with van der Waals surface area (Å²) < 4.78 is 0. The zero-order valence-electron chi connectivity index (χ0n) is 10.9. The summed E-state index contributed by atoms with van der Waals surface area (Å²) in [6, 6.07) is 4.28. The Labute approximate surface area is 113 Å². The van der Waals surface area contributed by atoms with E-state index < -0.39 is 0 Å². The van der Waals surface area contributed by atoms with Gasteiger partial charge in [-0.3, -0.25) is 4.79 Å². The molecular weight excluding hydrogens is 246 g/mol. The number of carbonyl (C=O) groups is 1. The molecule has 0 spiro atoms. The van der Waals surface area contributed by atoms with Gasteiger partial charge in [0, 0.05) is 18.6 Å². The third-order valence-corrected chi connectivity index (χ3v) is 3.65. The summed E-state index contributed by atoms with van der Waals surface area (Å²) in [4.78, 5) is 13.9. The number of hydrogen-bond acceptors (Lipinski definition) is 1. The number of fused-ring (bicyclic) bond motifs is 1. The van der Waals surface area contributed by atoms with E-state index in [-0.39, 0.29) is 5.91 Å². The third-order valence-electron chi connectivity index (χ3n) is 3.38. The van der Waals surface area contributed by atoms with Crippen LogP contribution >= 0.6 is 11.6 Å². The number of rotatable bonds is 3. The molecule has 0 unspecified atom stereocenters. The number of hydrogen-bond donors (Lipinski definition) is 0. The molecule has 0 N–H and O–H groups in total. The molecule has 1 aromatic rings. The largest absolute Gasteiger partial charge is 0.319 e. The van der Waals surface area contributed by atoms with E-state index in [1.807, 2.05) is 12.3 Å². The van der Waals surface area contributed by atoms with Gasteiger partial charge < -0.3 is 4.90 Å². The first-order valence-electron chi connectivity index (χ1n) is 6.25. The fourth-order valence-electron chi connectivity index (χ4n) is 2.15. The summed E-state index contributed by atoms with van der Waals surface area (Å²) >= 11 is 5.68. The molecule has 2 rings (SSSR count). The molecule has 0 aromatic heterocycles. The van der Waals surface area contributed by atoms with E-state index in [2.05, 4.69) is 26.0 Å². The second-order valence-electron chi connectivity index (χ2n) is 4.76.